The molecule has 1 aliphatic rings. The Balaban J connectivity index is 1.33. The number of anilines is 2. The van der Waals surface area contributed by atoms with Gasteiger partial charge in [0.2, 0.25) is 0 Å². The zero-order valence-electron chi connectivity index (χ0n) is 18.0. The molecule has 0 aliphatic carbocycles. The zero-order valence-corrected chi connectivity index (χ0v) is 18.0. The van der Waals surface area contributed by atoms with E-state index in [1.165, 1.54) is 11.1 Å². The Labute approximate surface area is 188 Å². The number of rotatable bonds is 7. The van der Waals surface area contributed by atoms with Crippen molar-refractivity contribution in [3.63, 3.8) is 0 Å². The highest BCUT2D eigenvalue weighted by Gasteiger charge is 2.27. The van der Waals surface area contributed by atoms with Crippen LogP contribution in [-0.2, 0) is 0 Å². The summed E-state index contributed by atoms with van der Waals surface area (Å²) in [5.41, 5.74) is 5.71. The number of benzene rings is 2. The molecule has 32 heavy (non-hydrogen) atoms. The molecule has 2 aromatic heterocycles. The lowest BCUT2D eigenvalue weighted by molar-refractivity contribution is 0.420. The van der Waals surface area contributed by atoms with Crippen molar-refractivity contribution in [2.45, 2.75) is 24.9 Å². The van der Waals surface area contributed by atoms with E-state index in [0.29, 0.717) is 5.92 Å². The first-order valence-corrected chi connectivity index (χ1v) is 11.0. The zero-order chi connectivity index (χ0) is 21.8. The lowest BCUT2D eigenvalue weighted by Crippen LogP contribution is -2.45. The molecule has 0 saturated heterocycles. The van der Waals surface area contributed by atoms with E-state index in [0.717, 1.165) is 35.7 Å². The molecule has 1 aliphatic heterocycles. The lowest BCUT2D eigenvalue weighted by atomic mass is 9.94. The molecule has 3 heterocycles. The van der Waals surface area contributed by atoms with Crippen molar-refractivity contribution in [3.05, 3.63) is 96.5 Å². The maximum absolute atomic E-state index is 5.01. The minimum Gasteiger partial charge on any atom is -0.380 e. The van der Waals surface area contributed by atoms with Gasteiger partial charge in [0.1, 0.15) is 12.1 Å². The van der Waals surface area contributed by atoms with Crippen LogP contribution in [0.1, 0.15) is 30.0 Å². The van der Waals surface area contributed by atoms with Gasteiger partial charge < -0.3 is 20.5 Å². The van der Waals surface area contributed by atoms with Crippen LogP contribution in [-0.4, -0.2) is 29.3 Å². The molecule has 0 bridgehead atoms. The minimum atomic E-state index is 0.141. The Morgan fingerprint density at radius 3 is 2.75 bits per heavy atom. The Bertz CT molecular complexity index is 1150. The van der Waals surface area contributed by atoms with Crippen LogP contribution in [0.5, 0.6) is 0 Å². The summed E-state index contributed by atoms with van der Waals surface area (Å²) >= 11 is 0. The molecule has 0 amide bonds. The molecule has 162 valence electrons. The highest BCUT2D eigenvalue weighted by atomic mass is 16.5. The second kappa shape index (κ2) is 9.24. The van der Waals surface area contributed by atoms with Crippen LogP contribution in [0, 0.1) is 0 Å². The first kappa shape index (κ1) is 20.3. The highest BCUT2D eigenvalue weighted by molar-refractivity contribution is 5.67. The van der Waals surface area contributed by atoms with Crippen molar-refractivity contribution in [1.82, 2.24) is 15.5 Å². The van der Waals surface area contributed by atoms with Crippen LogP contribution in [0.3, 0.4) is 0 Å². The summed E-state index contributed by atoms with van der Waals surface area (Å²) in [6, 6.07) is 23.5. The first-order valence-electron chi connectivity index (χ1n) is 11.0. The Morgan fingerprint density at radius 1 is 1.03 bits per heavy atom. The molecule has 0 unspecified atom stereocenters. The van der Waals surface area contributed by atoms with Crippen LogP contribution < -0.4 is 16.0 Å². The molecule has 6 heteroatoms. The van der Waals surface area contributed by atoms with Gasteiger partial charge in [-0.1, -0.05) is 66.7 Å². The van der Waals surface area contributed by atoms with Gasteiger partial charge >= 0.3 is 0 Å². The van der Waals surface area contributed by atoms with Gasteiger partial charge in [0.25, 0.3) is 0 Å². The average Bonchev–Trinajstić information content (AvgIpc) is 3.40. The number of nitrogens with one attached hydrogen (secondary N) is 3. The Kier molecular flexibility index (Phi) is 5.85. The fourth-order valence-corrected chi connectivity index (χ4v) is 4.26. The van der Waals surface area contributed by atoms with Gasteiger partial charge in [-0.2, -0.15) is 0 Å². The summed E-state index contributed by atoms with van der Waals surface area (Å²) in [4.78, 5) is 4.51. The van der Waals surface area contributed by atoms with E-state index in [2.05, 4.69) is 93.7 Å². The van der Waals surface area contributed by atoms with Crippen molar-refractivity contribution < 1.29 is 4.52 Å². The van der Waals surface area contributed by atoms with Gasteiger partial charge in [0, 0.05) is 24.8 Å². The average molecular weight is 426 g/mol. The Morgan fingerprint density at radius 2 is 1.91 bits per heavy atom. The quantitative estimate of drug-likeness (QED) is 0.384. The third kappa shape index (κ3) is 4.36. The number of fused-ring (bicyclic) bond motifs is 1. The molecule has 3 N–H and O–H groups in total. The molecular formula is C26H27N5O. The number of aromatic nitrogens is 2. The summed E-state index contributed by atoms with van der Waals surface area (Å²) in [5, 5.41) is 14.8. The van der Waals surface area contributed by atoms with Crippen LogP contribution in [0.25, 0.3) is 11.1 Å². The third-order valence-electron chi connectivity index (χ3n) is 6.07. The topological polar surface area (TPSA) is 75.0 Å². The SMILES string of the molecule is C[C@H](CN[C@H](c1ccccc1)[C@H]1CNc2cccnc2N1)c1cccc(-c2cnoc2)c1. The van der Waals surface area contributed by atoms with E-state index in [9.17, 15) is 0 Å². The second-order valence-corrected chi connectivity index (χ2v) is 8.27. The highest BCUT2D eigenvalue weighted by Crippen LogP contribution is 2.29. The van der Waals surface area contributed by atoms with E-state index in [4.69, 9.17) is 4.52 Å². The van der Waals surface area contributed by atoms with E-state index < -0.39 is 0 Å². The summed E-state index contributed by atoms with van der Waals surface area (Å²) in [6.45, 7) is 3.92. The molecule has 0 spiro atoms. The first-order chi connectivity index (χ1) is 15.8. The van der Waals surface area contributed by atoms with Gasteiger partial charge in [0.05, 0.1) is 24.0 Å². The summed E-state index contributed by atoms with van der Waals surface area (Å²) in [7, 11) is 0. The summed E-state index contributed by atoms with van der Waals surface area (Å²) in [5.74, 6) is 1.24. The molecule has 0 radical (unpaired) electrons. The number of hydrogen-bond acceptors (Lipinski definition) is 6. The number of hydrogen-bond donors (Lipinski definition) is 3. The fraction of sp³-hybridized carbons (Fsp3) is 0.231. The standard InChI is InChI=1S/C26H27N5O/c1-18(20-9-5-10-21(13-20)22-15-30-32-17-22)14-29-25(19-7-3-2-4-8-19)24-16-28-23-11-6-12-27-26(23)31-24/h2-13,15,17-18,24-25,28-29H,14,16H2,1H3,(H,27,31)/t18-,24-,25-/m1/s1. The molecule has 2 aromatic carbocycles. The van der Waals surface area contributed by atoms with Crippen molar-refractivity contribution >= 4 is 11.5 Å². The fourth-order valence-electron chi connectivity index (χ4n) is 4.26. The van der Waals surface area contributed by atoms with E-state index in [1.807, 2.05) is 12.3 Å². The van der Waals surface area contributed by atoms with Gasteiger partial charge in [0.15, 0.2) is 0 Å². The van der Waals surface area contributed by atoms with Gasteiger partial charge in [-0.15, -0.1) is 0 Å². The van der Waals surface area contributed by atoms with E-state index in [1.54, 1.807) is 12.5 Å². The number of pyridine rings is 1. The van der Waals surface area contributed by atoms with Crippen LogP contribution in [0.4, 0.5) is 11.5 Å². The predicted molar refractivity (Wildman–Crippen MR) is 128 cm³/mol. The van der Waals surface area contributed by atoms with Crippen LogP contribution >= 0.6 is 0 Å². The lowest BCUT2D eigenvalue weighted by Gasteiger charge is -2.35. The third-order valence-corrected chi connectivity index (χ3v) is 6.07. The molecule has 0 saturated carbocycles. The smallest absolute Gasteiger partial charge is 0.149 e. The maximum atomic E-state index is 5.01. The normalized spacial score (nSPS) is 17.0. The van der Waals surface area contributed by atoms with E-state index in [-0.39, 0.29) is 12.1 Å². The predicted octanol–water partition coefficient (Wildman–Crippen LogP) is 5.08. The van der Waals surface area contributed by atoms with Gasteiger partial charge in [-0.3, -0.25) is 0 Å². The minimum absolute atomic E-state index is 0.141. The monoisotopic (exact) mass is 425 g/mol. The molecule has 4 aromatic rings. The molecule has 6 nitrogen and oxygen atoms in total. The van der Waals surface area contributed by atoms with Crippen molar-refractivity contribution in [3.8, 4) is 11.1 Å². The summed E-state index contributed by atoms with van der Waals surface area (Å²) < 4.78 is 5.01. The van der Waals surface area contributed by atoms with Crippen LogP contribution in [0.2, 0.25) is 0 Å². The molecule has 5 rings (SSSR count). The van der Waals surface area contributed by atoms with E-state index >= 15 is 0 Å². The largest absolute Gasteiger partial charge is 0.380 e. The van der Waals surface area contributed by atoms with Crippen molar-refractivity contribution in [1.29, 1.82) is 0 Å². The van der Waals surface area contributed by atoms with Crippen LogP contribution in [0.15, 0.2) is 89.9 Å². The summed E-state index contributed by atoms with van der Waals surface area (Å²) in [6.07, 6.45) is 5.26. The number of nitrogens with zero attached hydrogens (tertiary/aromatic N) is 2. The van der Waals surface area contributed by atoms with Gasteiger partial charge in [-0.25, -0.2) is 4.98 Å². The maximum Gasteiger partial charge on any atom is 0.149 e. The molecule has 3 atom stereocenters. The second-order valence-electron chi connectivity index (χ2n) is 8.27. The van der Waals surface area contributed by atoms with Gasteiger partial charge in [-0.05, 0) is 34.7 Å². The van der Waals surface area contributed by atoms with Crippen molar-refractivity contribution in [2.75, 3.05) is 23.7 Å². The van der Waals surface area contributed by atoms with Crippen molar-refractivity contribution in [2.24, 2.45) is 0 Å². The molecule has 0 fully saturated rings. The molecular weight excluding hydrogens is 398 g/mol. The Hall–Kier alpha value is -3.64.